The third-order valence-corrected chi connectivity index (χ3v) is 5.62. The number of ether oxygens (including phenoxy) is 2. The van der Waals surface area contributed by atoms with Crippen molar-refractivity contribution in [3.8, 4) is 17.6 Å². The van der Waals surface area contributed by atoms with Gasteiger partial charge in [-0.15, -0.1) is 0 Å². The summed E-state index contributed by atoms with van der Waals surface area (Å²) in [7, 11) is 1.51. The van der Waals surface area contributed by atoms with Crippen molar-refractivity contribution in [1.82, 2.24) is 4.90 Å². The van der Waals surface area contributed by atoms with E-state index in [1.54, 1.807) is 43.3 Å². The maximum Gasteiger partial charge on any atom is 0.271 e. The average Bonchev–Trinajstić information content (AvgIpc) is 2.84. The van der Waals surface area contributed by atoms with Crippen LogP contribution < -0.4 is 9.47 Å². The lowest BCUT2D eigenvalue weighted by molar-refractivity contribution is -0.140. The average molecular weight is 463 g/mol. The minimum absolute atomic E-state index is 0.0198. The summed E-state index contributed by atoms with van der Waals surface area (Å²) in [6.07, 6.45) is 4.18. The molecule has 2 aromatic rings. The molecular formula is C27H27FN2O4. The Balaban J connectivity index is 1.88. The molecule has 0 aliphatic carbocycles. The molecule has 0 unspecified atom stereocenters. The van der Waals surface area contributed by atoms with Crippen molar-refractivity contribution >= 4 is 17.9 Å². The Morgan fingerprint density at radius 3 is 2.44 bits per heavy atom. The van der Waals surface area contributed by atoms with Crippen molar-refractivity contribution in [3.05, 3.63) is 76.1 Å². The van der Waals surface area contributed by atoms with Gasteiger partial charge in [0.25, 0.3) is 11.8 Å². The second-order valence-electron chi connectivity index (χ2n) is 7.96. The Hall–Kier alpha value is -3.92. The number of imide groups is 1. The number of hydrogen-bond acceptors (Lipinski definition) is 5. The summed E-state index contributed by atoms with van der Waals surface area (Å²) >= 11 is 0. The minimum atomic E-state index is -0.541. The number of carbonyl (C=O) groups is 2. The molecule has 0 saturated carbocycles. The maximum absolute atomic E-state index is 13.1. The van der Waals surface area contributed by atoms with Gasteiger partial charge in [-0.05, 0) is 60.4 Å². The first-order valence-electron chi connectivity index (χ1n) is 11.1. The summed E-state index contributed by atoms with van der Waals surface area (Å²) in [6, 6.07) is 13.2. The van der Waals surface area contributed by atoms with Gasteiger partial charge >= 0.3 is 0 Å². The highest BCUT2D eigenvalue weighted by Crippen LogP contribution is 2.32. The highest BCUT2D eigenvalue weighted by Gasteiger charge is 2.35. The van der Waals surface area contributed by atoms with Crippen LogP contribution in [0.15, 0.2) is 59.2 Å². The molecule has 1 heterocycles. The van der Waals surface area contributed by atoms with Crippen LogP contribution in [0.4, 0.5) is 4.39 Å². The second-order valence-corrected chi connectivity index (χ2v) is 7.96. The smallest absolute Gasteiger partial charge is 0.271 e. The van der Waals surface area contributed by atoms with Crippen molar-refractivity contribution in [3.63, 3.8) is 0 Å². The van der Waals surface area contributed by atoms with Gasteiger partial charge in [-0.1, -0.05) is 38.0 Å². The van der Waals surface area contributed by atoms with E-state index in [-0.39, 0.29) is 24.5 Å². The molecule has 0 atom stereocenters. The van der Waals surface area contributed by atoms with Crippen LogP contribution in [-0.2, 0) is 16.2 Å². The summed E-state index contributed by atoms with van der Waals surface area (Å²) in [4.78, 5) is 26.9. The third kappa shape index (κ3) is 5.52. The zero-order valence-electron chi connectivity index (χ0n) is 19.6. The molecule has 0 aromatic heterocycles. The van der Waals surface area contributed by atoms with E-state index in [0.717, 1.165) is 23.3 Å². The number of nitriles is 1. The van der Waals surface area contributed by atoms with E-state index in [2.05, 4.69) is 0 Å². The Labute approximate surface area is 198 Å². The monoisotopic (exact) mass is 462 g/mol. The van der Waals surface area contributed by atoms with Gasteiger partial charge in [0.05, 0.1) is 7.11 Å². The molecule has 0 radical (unpaired) electrons. The molecule has 1 aliphatic heterocycles. The van der Waals surface area contributed by atoms with Gasteiger partial charge in [0.2, 0.25) is 0 Å². The molecule has 7 heteroatoms. The van der Waals surface area contributed by atoms with E-state index in [9.17, 15) is 19.2 Å². The zero-order chi connectivity index (χ0) is 24.7. The molecule has 2 aromatic carbocycles. The molecule has 0 bridgehead atoms. The molecular weight excluding hydrogens is 435 g/mol. The number of hydrogen-bond donors (Lipinski definition) is 0. The highest BCUT2D eigenvalue weighted by molar-refractivity contribution is 6.19. The van der Waals surface area contributed by atoms with E-state index < -0.39 is 11.8 Å². The number of benzene rings is 2. The van der Waals surface area contributed by atoms with Gasteiger partial charge in [-0.2, -0.15) is 5.26 Å². The highest BCUT2D eigenvalue weighted by atomic mass is 19.1. The fourth-order valence-corrected chi connectivity index (χ4v) is 3.65. The van der Waals surface area contributed by atoms with Crippen LogP contribution in [0.1, 0.15) is 44.2 Å². The lowest BCUT2D eigenvalue weighted by Crippen LogP contribution is -2.43. The van der Waals surface area contributed by atoms with Crippen molar-refractivity contribution < 1.29 is 23.5 Å². The first-order valence-corrected chi connectivity index (χ1v) is 11.1. The molecule has 1 aliphatic rings. The summed E-state index contributed by atoms with van der Waals surface area (Å²) in [5, 5.41) is 9.53. The van der Waals surface area contributed by atoms with Crippen molar-refractivity contribution in [1.29, 1.82) is 5.26 Å². The lowest BCUT2D eigenvalue weighted by atomic mass is 9.93. The van der Waals surface area contributed by atoms with Gasteiger partial charge in [0, 0.05) is 12.1 Å². The summed E-state index contributed by atoms with van der Waals surface area (Å²) in [6.45, 7) is 4.16. The molecule has 0 spiro atoms. The molecule has 6 nitrogen and oxygen atoms in total. The van der Waals surface area contributed by atoms with E-state index in [0.29, 0.717) is 34.6 Å². The Morgan fingerprint density at radius 2 is 1.79 bits per heavy atom. The van der Waals surface area contributed by atoms with Gasteiger partial charge in [-0.3, -0.25) is 14.5 Å². The largest absolute Gasteiger partial charge is 0.493 e. The quantitative estimate of drug-likeness (QED) is 0.291. The Morgan fingerprint density at radius 1 is 1.06 bits per heavy atom. The fourth-order valence-electron chi connectivity index (χ4n) is 3.65. The number of halogens is 1. The fraction of sp³-hybridized carbons (Fsp3) is 0.296. The van der Waals surface area contributed by atoms with Crippen LogP contribution in [0.2, 0.25) is 0 Å². The number of nitrogens with zero attached hydrogens (tertiary/aromatic N) is 2. The number of amides is 2. The maximum atomic E-state index is 13.1. The third-order valence-electron chi connectivity index (χ3n) is 5.62. The van der Waals surface area contributed by atoms with Crippen LogP contribution in [0.25, 0.3) is 6.08 Å². The molecule has 0 N–H and O–H groups in total. The second kappa shape index (κ2) is 11.3. The predicted octanol–water partition coefficient (Wildman–Crippen LogP) is 5.20. The van der Waals surface area contributed by atoms with E-state index in [4.69, 9.17) is 9.47 Å². The van der Waals surface area contributed by atoms with Gasteiger partial charge in [0.1, 0.15) is 24.1 Å². The van der Waals surface area contributed by atoms with Crippen molar-refractivity contribution in [2.45, 2.75) is 39.7 Å². The van der Waals surface area contributed by atoms with Gasteiger partial charge < -0.3 is 9.47 Å². The zero-order valence-corrected chi connectivity index (χ0v) is 19.6. The standard InChI is InChI=1S/C27H27FN2O4/c1-4-5-6-13-30-26(31)22(18(2)23(16-29)27(30)32)14-20-9-12-24(25(15-20)33-3)34-17-19-7-10-21(28)11-8-19/h7-12,14-15H,4-6,13,17H2,1-3H3/b22-14+. The predicted molar refractivity (Wildman–Crippen MR) is 126 cm³/mol. The number of carbonyl (C=O) groups excluding carboxylic acids is 2. The molecule has 176 valence electrons. The first kappa shape index (κ1) is 24.7. The topological polar surface area (TPSA) is 79.6 Å². The first-order chi connectivity index (χ1) is 16.4. The normalized spacial score (nSPS) is 15.0. The number of rotatable bonds is 9. The summed E-state index contributed by atoms with van der Waals surface area (Å²) in [5.41, 5.74) is 2.11. The van der Waals surface area contributed by atoms with E-state index in [1.165, 1.54) is 19.2 Å². The van der Waals surface area contributed by atoms with E-state index >= 15 is 0 Å². The van der Waals surface area contributed by atoms with E-state index in [1.807, 2.05) is 13.0 Å². The summed E-state index contributed by atoms with van der Waals surface area (Å²) < 4.78 is 24.4. The molecule has 34 heavy (non-hydrogen) atoms. The van der Waals surface area contributed by atoms with Crippen LogP contribution in [0.5, 0.6) is 11.5 Å². The van der Waals surface area contributed by atoms with Gasteiger partial charge in [0.15, 0.2) is 11.5 Å². The summed E-state index contributed by atoms with van der Waals surface area (Å²) in [5.74, 6) is -0.317. The Bertz CT molecular complexity index is 1180. The van der Waals surface area contributed by atoms with Crippen molar-refractivity contribution in [2.75, 3.05) is 13.7 Å². The van der Waals surface area contributed by atoms with Crippen molar-refractivity contribution in [2.24, 2.45) is 0 Å². The van der Waals surface area contributed by atoms with Gasteiger partial charge in [-0.25, -0.2) is 4.39 Å². The Kier molecular flexibility index (Phi) is 8.20. The number of unbranched alkanes of at least 4 members (excludes halogenated alkanes) is 2. The molecule has 3 rings (SSSR count). The van der Waals surface area contributed by atoms with Crippen LogP contribution in [-0.4, -0.2) is 30.4 Å². The number of methoxy groups -OCH3 is 1. The minimum Gasteiger partial charge on any atom is -0.493 e. The molecule has 2 amide bonds. The van der Waals surface area contributed by atoms with Crippen LogP contribution in [0, 0.1) is 17.1 Å². The molecule has 0 fully saturated rings. The SMILES string of the molecule is CCCCCN1C(=O)C(C#N)=C(C)/C(=C\c2ccc(OCc3ccc(F)cc3)c(OC)c2)C1=O. The lowest BCUT2D eigenvalue weighted by Gasteiger charge is -2.27. The van der Waals surface area contributed by atoms with Crippen LogP contribution >= 0.6 is 0 Å². The van der Waals surface area contributed by atoms with Crippen LogP contribution in [0.3, 0.4) is 0 Å². The molecule has 0 saturated heterocycles.